The number of carbonyl (C=O) groups is 2. The summed E-state index contributed by atoms with van der Waals surface area (Å²) >= 11 is 0. The number of amides is 2. The van der Waals surface area contributed by atoms with Crippen molar-refractivity contribution in [1.82, 2.24) is 10.2 Å². The van der Waals surface area contributed by atoms with Gasteiger partial charge >= 0.3 is 0 Å². The number of hydrogen-bond acceptors (Lipinski definition) is 3. The fraction of sp³-hybridized carbons (Fsp3) is 0.600. The number of rotatable bonds is 5. The van der Waals surface area contributed by atoms with Gasteiger partial charge < -0.3 is 15.0 Å². The Kier molecular flexibility index (Phi) is 5.30. The van der Waals surface area contributed by atoms with Gasteiger partial charge in [-0.1, -0.05) is 25.0 Å². The molecule has 1 atom stereocenters. The first kappa shape index (κ1) is 17.8. The lowest BCUT2D eigenvalue weighted by Gasteiger charge is -2.31. The average molecular weight is 344 g/mol. The van der Waals surface area contributed by atoms with Crippen LogP contribution >= 0.6 is 0 Å². The lowest BCUT2D eigenvalue weighted by atomic mass is 9.77. The number of nitrogens with zero attached hydrogens (tertiary/aromatic N) is 1. The Hall–Kier alpha value is -2.04. The van der Waals surface area contributed by atoms with Gasteiger partial charge in [0.2, 0.25) is 11.8 Å². The molecule has 0 radical (unpaired) electrons. The van der Waals surface area contributed by atoms with Crippen molar-refractivity contribution >= 4 is 11.8 Å². The Balaban J connectivity index is 1.75. The maximum absolute atomic E-state index is 13.1. The van der Waals surface area contributed by atoms with E-state index < -0.39 is 11.5 Å². The Morgan fingerprint density at radius 1 is 1.08 bits per heavy atom. The number of benzene rings is 1. The molecule has 2 aliphatic rings. The molecule has 1 N–H and O–H groups in total. The molecule has 136 valence electrons. The number of methoxy groups -OCH3 is 1. The van der Waals surface area contributed by atoms with Crippen LogP contribution in [0.3, 0.4) is 0 Å². The zero-order valence-corrected chi connectivity index (χ0v) is 15.2. The van der Waals surface area contributed by atoms with Crippen LogP contribution in [0, 0.1) is 0 Å². The predicted molar refractivity (Wildman–Crippen MR) is 96.6 cm³/mol. The van der Waals surface area contributed by atoms with Crippen LogP contribution < -0.4 is 10.1 Å². The van der Waals surface area contributed by atoms with Crippen molar-refractivity contribution in [3.05, 3.63) is 29.8 Å². The van der Waals surface area contributed by atoms with Gasteiger partial charge in [0.25, 0.3) is 0 Å². The molecule has 1 aliphatic heterocycles. The second-order valence-electron chi connectivity index (χ2n) is 7.25. The van der Waals surface area contributed by atoms with Gasteiger partial charge in [0, 0.05) is 13.1 Å². The van der Waals surface area contributed by atoms with E-state index in [4.69, 9.17) is 4.74 Å². The number of ether oxygens (including phenoxy) is 1. The van der Waals surface area contributed by atoms with E-state index in [1.165, 1.54) is 0 Å². The van der Waals surface area contributed by atoms with E-state index in [0.29, 0.717) is 0 Å². The number of hydrogen-bond donors (Lipinski definition) is 1. The minimum Gasteiger partial charge on any atom is -0.497 e. The molecule has 1 aliphatic carbocycles. The van der Waals surface area contributed by atoms with Gasteiger partial charge in [-0.05, 0) is 50.3 Å². The zero-order valence-electron chi connectivity index (χ0n) is 15.2. The molecule has 1 heterocycles. The van der Waals surface area contributed by atoms with E-state index in [0.717, 1.165) is 62.9 Å². The van der Waals surface area contributed by atoms with E-state index in [9.17, 15) is 9.59 Å². The summed E-state index contributed by atoms with van der Waals surface area (Å²) in [6, 6.07) is 7.30. The molecule has 0 unspecified atom stereocenters. The largest absolute Gasteiger partial charge is 0.497 e. The van der Waals surface area contributed by atoms with Crippen LogP contribution in [0.2, 0.25) is 0 Å². The second-order valence-corrected chi connectivity index (χ2v) is 7.25. The maximum atomic E-state index is 13.1. The van der Waals surface area contributed by atoms with Gasteiger partial charge in [-0.2, -0.15) is 0 Å². The third-order valence-electron chi connectivity index (χ3n) is 5.67. The SMILES string of the molecule is COc1ccc(C2(C(=O)N[C@@H](C)C(=O)N3CCCC3)CCCC2)cc1. The third-order valence-corrected chi connectivity index (χ3v) is 5.67. The Labute approximate surface area is 149 Å². The van der Waals surface area contributed by atoms with Crippen molar-refractivity contribution in [2.45, 2.75) is 56.9 Å². The minimum absolute atomic E-state index is 0.0183. The summed E-state index contributed by atoms with van der Waals surface area (Å²) in [4.78, 5) is 27.5. The lowest BCUT2D eigenvalue weighted by molar-refractivity contribution is -0.136. The van der Waals surface area contributed by atoms with Gasteiger partial charge in [0.1, 0.15) is 11.8 Å². The number of carbonyl (C=O) groups excluding carboxylic acids is 2. The lowest BCUT2D eigenvalue weighted by Crippen LogP contribution is -2.51. The number of likely N-dealkylation sites (tertiary alicyclic amines) is 1. The van der Waals surface area contributed by atoms with Crippen LogP contribution in [0.5, 0.6) is 5.75 Å². The van der Waals surface area contributed by atoms with Crippen molar-refractivity contribution < 1.29 is 14.3 Å². The standard InChI is InChI=1S/C20H28N2O3/c1-15(18(23)22-13-5-6-14-22)21-19(24)20(11-3-4-12-20)16-7-9-17(25-2)10-8-16/h7-10,15H,3-6,11-14H2,1-2H3,(H,21,24)/t15-/m0/s1. The summed E-state index contributed by atoms with van der Waals surface area (Å²) in [6.07, 6.45) is 5.85. The summed E-state index contributed by atoms with van der Waals surface area (Å²) < 4.78 is 5.23. The topological polar surface area (TPSA) is 58.6 Å². The molecule has 1 saturated heterocycles. The highest BCUT2D eigenvalue weighted by molar-refractivity contribution is 5.93. The highest BCUT2D eigenvalue weighted by Gasteiger charge is 2.43. The Bertz CT molecular complexity index is 614. The van der Waals surface area contributed by atoms with Crippen LogP contribution in [0.4, 0.5) is 0 Å². The summed E-state index contributed by atoms with van der Waals surface area (Å²) in [6.45, 7) is 3.42. The molecule has 2 amide bonds. The van der Waals surface area contributed by atoms with Crippen molar-refractivity contribution in [1.29, 1.82) is 0 Å². The molecule has 0 spiro atoms. The zero-order chi connectivity index (χ0) is 17.9. The molecular formula is C20H28N2O3. The Morgan fingerprint density at radius 3 is 2.24 bits per heavy atom. The summed E-state index contributed by atoms with van der Waals surface area (Å²) in [5.41, 5.74) is 0.496. The fourth-order valence-corrected chi connectivity index (χ4v) is 4.14. The third kappa shape index (κ3) is 3.51. The van der Waals surface area contributed by atoms with E-state index >= 15 is 0 Å². The quantitative estimate of drug-likeness (QED) is 0.893. The molecule has 5 nitrogen and oxygen atoms in total. The molecule has 2 fully saturated rings. The van der Waals surface area contributed by atoms with Crippen molar-refractivity contribution in [3.8, 4) is 5.75 Å². The summed E-state index contributed by atoms with van der Waals surface area (Å²) in [7, 11) is 1.64. The van der Waals surface area contributed by atoms with Gasteiger partial charge in [0.05, 0.1) is 12.5 Å². The second kappa shape index (κ2) is 7.46. The van der Waals surface area contributed by atoms with Crippen molar-refractivity contribution in [2.75, 3.05) is 20.2 Å². The van der Waals surface area contributed by atoms with E-state index in [1.54, 1.807) is 14.0 Å². The van der Waals surface area contributed by atoms with Crippen LogP contribution in [-0.2, 0) is 15.0 Å². The molecule has 1 aromatic carbocycles. The van der Waals surface area contributed by atoms with Crippen molar-refractivity contribution in [3.63, 3.8) is 0 Å². The summed E-state index contributed by atoms with van der Waals surface area (Å²) in [5, 5.41) is 3.01. The summed E-state index contributed by atoms with van der Waals surface area (Å²) in [5.74, 6) is 0.804. The molecule has 5 heteroatoms. The first-order chi connectivity index (χ1) is 12.1. The normalized spacial score (nSPS) is 20.3. The average Bonchev–Trinajstić information content (AvgIpc) is 3.33. The molecule has 0 bridgehead atoms. The van der Waals surface area contributed by atoms with Gasteiger partial charge in [-0.3, -0.25) is 9.59 Å². The molecule has 0 aromatic heterocycles. The molecular weight excluding hydrogens is 316 g/mol. The van der Waals surface area contributed by atoms with Gasteiger partial charge in [-0.25, -0.2) is 0 Å². The maximum Gasteiger partial charge on any atom is 0.244 e. The van der Waals surface area contributed by atoms with Crippen LogP contribution in [0.15, 0.2) is 24.3 Å². The van der Waals surface area contributed by atoms with Crippen LogP contribution in [0.1, 0.15) is 51.0 Å². The monoisotopic (exact) mass is 344 g/mol. The first-order valence-corrected chi connectivity index (χ1v) is 9.31. The fourth-order valence-electron chi connectivity index (χ4n) is 4.14. The van der Waals surface area contributed by atoms with Crippen LogP contribution in [0.25, 0.3) is 0 Å². The minimum atomic E-state index is -0.522. The highest BCUT2D eigenvalue weighted by atomic mass is 16.5. The smallest absolute Gasteiger partial charge is 0.244 e. The Morgan fingerprint density at radius 2 is 1.68 bits per heavy atom. The molecule has 3 rings (SSSR count). The van der Waals surface area contributed by atoms with Gasteiger partial charge in [0.15, 0.2) is 0 Å². The highest BCUT2D eigenvalue weighted by Crippen LogP contribution is 2.42. The number of nitrogens with one attached hydrogen (secondary N) is 1. The van der Waals surface area contributed by atoms with Crippen molar-refractivity contribution in [2.24, 2.45) is 0 Å². The van der Waals surface area contributed by atoms with E-state index in [2.05, 4.69) is 5.32 Å². The first-order valence-electron chi connectivity index (χ1n) is 9.31. The van der Waals surface area contributed by atoms with Crippen LogP contribution in [-0.4, -0.2) is 43.0 Å². The van der Waals surface area contributed by atoms with E-state index in [-0.39, 0.29) is 11.8 Å². The molecule has 1 aromatic rings. The van der Waals surface area contributed by atoms with E-state index in [1.807, 2.05) is 29.2 Å². The molecule has 1 saturated carbocycles. The van der Waals surface area contributed by atoms with Gasteiger partial charge in [-0.15, -0.1) is 0 Å². The predicted octanol–water partition coefficient (Wildman–Crippen LogP) is 2.63. The molecule has 25 heavy (non-hydrogen) atoms.